The van der Waals surface area contributed by atoms with Crippen molar-refractivity contribution >= 4 is 35.7 Å². The summed E-state index contributed by atoms with van der Waals surface area (Å²) in [6, 6.07) is 14.3. The average Bonchev–Trinajstić information content (AvgIpc) is 2.97. The van der Waals surface area contributed by atoms with Gasteiger partial charge >= 0.3 is 6.09 Å². The van der Waals surface area contributed by atoms with E-state index in [4.69, 9.17) is 4.74 Å². The molecule has 1 saturated carbocycles. The Morgan fingerprint density at radius 1 is 0.975 bits per heavy atom. The van der Waals surface area contributed by atoms with Gasteiger partial charge in [0.15, 0.2) is 0 Å². The van der Waals surface area contributed by atoms with Crippen molar-refractivity contribution in [2.75, 3.05) is 32.8 Å². The summed E-state index contributed by atoms with van der Waals surface area (Å²) >= 11 is 1.73. The summed E-state index contributed by atoms with van der Waals surface area (Å²) in [5, 5.41) is 0.414. The van der Waals surface area contributed by atoms with Crippen molar-refractivity contribution in [1.29, 1.82) is 0 Å². The van der Waals surface area contributed by atoms with E-state index in [1.54, 1.807) is 28.5 Å². The Bertz CT molecular complexity index is 1280. The van der Waals surface area contributed by atoms with E-state index < -0.39 is 0 Å². The number of fused-ring (bicyclic) bond motifs is 1. The van der Waals surface area contributed by atoms with Crippen LogP contribution in [-0.2, 0) is 16.1 Å². The van der Waals surface area contributed by atoms with Crippen LogP contribution in [0.25, 0.3) is 6.08 Å². The topological polar surface area (TPSA) is 70.2 Å². The van der Waals surface area contributed by atoms with Gasteiger partial charge in [0.2, 0.25) is 0 Å². The lowest BCUT2D eigenvalue weighted by atomic mass is 9.92. The van der Waals surface area contributed by atoms with Gasteiger partial charge in [0.25, 0.3) is 11.8 Å². The first-order valence-electron chi connectivity index (χ1n) is 14.4. The van der Waals surface area contributed by atoms with E-state index in [2.05, 4.69) is 36.9 Å². The molecule has 2 atom stereocenters. The Labute approximate surface area is 241 Å². The van der Waals surface area contributed by atoms with Gasteiger partial charge in [-0.25, -0.2) is 4.79 Å². The zero-order chi connectivity index (χ0) is 28.2. The van der Waals surface area contributed by atoms with Gasteiger partial charge in [-0.15, -0.1) is 11.8 Å². The summed E-state index contributed by atoms with van der Waals surface area (Å²) in [6.07, 6.45) is 6.23. The van der Waals surface area contributed by atoms with E-state index in [1.165, 1.54) is 29.5 Å². The molecular weight excluding hydrogens is 522 g/mol. The number of hydrogen-bond acceptors (Lipinski definition) is 5. The second-order valence-corrected chi connectivity index (χ2v) is 12.3. The highest BCUT2D eigenvalue weighted by Crippen LogP contribution is 2.43. The van der Waals surface area contributed by atoms with Gasteiger partial charge in [0.1, 0.15) is 0 Å². The highest BCUT2D eigenvalue weighted by atomic mass is 32.2. The van der Waals surface area contributed by atoms with Gasteiger partial charge in [0.05, 0.1) is 11.5 Å². The van der Waals surface area contributed by atoms with Gasteiger partial charge in [-0.05, 0) is 68.5 Å². The number of thioether (sulfide) groups is 1. The van der Waals surface area contributed by atoms with Crippen molar-refractivity contribution < 1.29 is 19.1 Å². The lowest BCUT2D eigenvalue weighted by molar-refractivity contribution is -0.130. The second kappa shape index (κ2) is 12.5. The molecule has 2 heterocycles. The van der Waals surface area contributed by atoms with E-state index in [9.17, 15) is 14.4 Å². The SMILES string of the molecule is CCOC(=O)N1CCN(C(=O)c2ccc(/C=C3\SC4CCCCC4N(Cc4cc(C)ccc4C)C3=O)cc2)CC1. The van der Waals surface area contributed by atoms with Crippen LogP contribution in [0.3, 0.4) is 0 Å². The zero-order valence-corrected chi connectivity index (χ0v) is 24.5. The van der Waals surface area contributed by atoms with Crippen LogP contribution in [0.4, 0.5) is 4.79 Å². The molecule has 2 unspecified atom stereocenters. The molecule has 2 aromatic rings. The van der Waals surface area contributed by atoms with Gasteiger partial charge < -0.3 is 19.4 Å². The molecule has 212 valence electrons. The first-order chi connectivity index (χ1) is 19.3. The minimum Gasteiger partial charge on any atom is -0.450 e. The summed E-state index contributed by atoms with van der Waals surface area (Å²) in [5.74, 6) is 0.0595. The van der Waals surface area contributed by atoms with Crippen LogP contribution in [0.2, 0.25) is 0 Å². The Hall–Kier alpha value is -3.26. The van der Waals surface area contributed by atoms with Gasteiger partial charge in [-0.1, -0.05) is 48.7 Å². The number of carbonyl (C=O) groups excluding carboxylic acids is 3. The number of rotatable bonds is 5. The summed E-state index contributed by atoms with van der Waals surface area (Å²) in [7, 11) is 0. The molecule has 1 aliphatic carbocycles. The largest absolute Gasteiger partial charge is 0.450 e. The Kier molecular flexibility index (Phi) is 8.84. The molecule has 3 aliphatic rings. The Morgan fingerprint density at radius 3 is 2.40 bits per heavy atom. The summed E-state index contributed by atoms with van der Waals surface area (Å²) in [5.41, 5.74) is 5.18. The summed E-state index contributed by atoms with van der Waals surface area (Å²) < 4.78 is 5.07. The predicted molar refractivity (Wildman–Crippen MR) is 159 cm³/mol. The van der Waals surface area contributed by atoms with E-state index in [-0.39, 0.29) is 23.9 Å². The molecule has 0 spiro atoms. The van der Waals surface area contributed by atoms with Crippen LogP contribution >= 0.6 is 11.8 Å². The molecule has 5 rings (SSSR count). The highest BCUT2D eigenvalue weighted by molar-refractivity contribution is 8.04. The fraction of sp³-hybridized carbons (Fsp3) is 0.469. The number of ether oxygens (including phenoxy) is 1. The molecule has 2 saturated heterocycles. The summed E-state index contributed by atoms with van der Waals surface area (Å²) in [4.78, 5) is 45.2. The third-order valence-electron chi connectivity index (χ3n) is 8.21. The van der Waals surface area contributed by atoms with Crippen LogP contribution in [-0.4, -0.2) is 76.7 Å². The zero-order valence-electron chi connectivity index (χ0n) is 23.7. The average molecular weight is 562 g/mol. The van der Waals surface area contributed by atoms with E-state index in [1.807, 2.05) is 30.3 Å². The minimum absolute atomic E-state index is 0.0458. The predicted octanol–water partition coefficient (Wildman–Crippen LogP) is 5.65. The second-order valence-electron chi connectivity index (χ2n) is 11.0. The first kappa shape index (κ1) is 28.3. The van der Waals surface area contributed by atoms with Crippen LogP contribution in [0.1, 0.15) is 65.2 Å². The van der Waals surface area contributed by atoms with Crippen LogP contribution in [0.15, 0.2) is 47.4 Å². The molecule has 40 heavy (non-hydrogen) atoms. The number of amides is 3. The molecule has 8 heteroatoms. The number of nitrogens with zero attached hydrogens (tertiary/aromatic N) is 3. The van der Waals surface area contributed by atoms with Crippen molar-refractivity contribution in [2.45, 2.75) is 64.3 Å². The van der Waals surface area contributed by atoms with Crippen molar-refractivity contribution in [3.63, 3.8) is 0 Å². The molecule has 0 bridgehead atoms. The molecule has 0 N–H and O–H groups in total. The van der Waals surface area contributed by atoms with Crippen molar-refractivity contribution in [3.05, 3.63) is 75.2 Å². The maximum Gasteiger partial charge on any atom is 0.409 e. The quantitative estimate of drug-likeness (QED) is 0.442. The third kappa shape index (κ3) is 6.22. The first-order valence-corrected chi connectivity index (χ1v) is 15.3. The van der Waals surface area contributed by atoms with Crippen LogP contribution < -0.4 is 0 Å². The molecular formula is C32H39N3O4S. The van der Waals surface area contributed by atoms with Crippen LogP contribution in [0.5, 0.6) is 0 Å². The fourth-order valence-corrected chi connectivity index (χ4v) is 7.35. The summed E-state index contributed by atoms with van der Waals surface area (Å²) in [6.45, 7) is 8.89. The molecule has 3 fully saturated rings. The molecule has 7 nitrogen and oxygen atoms in total. The van der Waals surface area contributed by atoms with Crippen molar-refractivity contribution in [1.82, 2.24) is 14.7 Å². The van der Waals surface area contributed by atoms with Gasteiger partial charge in [-0.3, -0.25) is 9.59 Å². The lowest BCUT2D eigenvalue weighted by Gasteiger charge is -2.44. The monoisotopic (exact) mass is 561 g/mol. The van der Waals surface area contributed by atoms with Crippen molar-refractivity contribution in [2.24, 2.45) is 0 Å². The van der Waals surface area contributed by atoms with E-state index >= 15 is 0 Å². The Morgan fingerprint density at radius 2 is 1.68 bits per heavy atom. The van der Waals surface area contributed by atoms with Gasteiger partial charge in [0, 0.05) is 49.6 Å². The van der Waals surface area contributed by atoms with E-state index in [0.29, 0.717) is 50.1 Å². The van der Waals surface area contributed by atoms with Crippen molar-refractivity contribution in [3.8, 4) is 0 Å². The number of piperazine rings is 1. The van der Waals surface area contributed by atoms with Gasteiger partial charge in [-0.2, -0.15) is 0 Å². The molecule has 3 amide bonds. The number of aryl methyl sites for hydroxylation is 2. The molecule has 2 aliphatic heterocycles. The Balaban J connectivity index is 1.29. The standard InChI is InChI=1S/C32H39N3O4S/c1-4-39-32(38)34-17-15-33(16-18-34)30(36)25-13-11-24(12-14-25)20-29-31(37)35(27-7-5-6-8-28(27)40-29)21-26-19-22(2)9-10-23(26)3/h9-14,19-20,27-28H,4-8,15-18,21H2,1-3H3/b29-20-. The normalized spacial score (nSPS) is 22.3. The highest BCUT2D eigenvalue weighted by Gasteiger charge is 2.40. The maximum absolute atomic E-state index is 13.8. The smallest absolute Gasteiger partial charge is 0.409 e. The third-order valence-corrected chi connectivity index (χ3v) is 9.61. The van der Waals surface area contributed by atoms with E-state index in [0.717, 1.165) is 23.3 Å². The number of carbonyl (C=O) groups is 3. The molecule has 2 aromatic carbocycles. The fourth-order valence-electron chi connectivity index (χ4n) is 5.88. The maximum atomic E-state index is 13.8. The molecule has 0 radical (unpaired) electrons. The molecule has 0 aromatic heterocycles. The lowest BCUT2D eigenvalue weighted by Crippen LogP contribution is -2.50. The number of hydrogen-bond donors (Lipinski definition) is 0. The minimum atomic E-state index is -0.325. The number of benzene rings is 2. The van der Waals surface area contributed by atoms with Crippen LogP contribution in [0, 0.1) is 13.8 Å².